The number of benzene rings is 2. The lowest BCUT2D eigenvalue weighted by atomic mass is 10.2. The molecular weight excluding hydrogens is 318 g/mol. The predicted molar refractivity (Wildman–Crippen MR) is 84.2 cm³/mol. The summed E-state index contributed by atoms with van der Waals surface area (Å²) < 4.78 is 6.44. The van der Waals surface area contributed by atoms with Gasteiger partial charge in [-0.15, -0.1) is 0 Å². The van der Waals surface area contributed by atoms with E-state index in [9.17, 15) is 4.79 Å². The van der Waals surface area contributed by atoms with Gasteiger partial charge in [0.25, 0.3) is 5.91 Å². The molecule has 3 nitrogen and oxygen atoms in total. The maximum atomic E-state index is 12.1. The van der Waals surface area contributed by atoms with Crippen molar-refractivity contribution in [1.82, 2.24) is 0 Å². The van der Waals surface area contributed by atoms with Crippen LogP contribution in [-0.2, 0) is 0 Å². The molecule has 0 aliphatic heterocycles. The van der Waals surface area contributed by atoms with Gasteiger partial charge < -0.3 is 10.1 Å². The number of rotatable bonds is 5. The summed E-state index contributed by atoms with van der Waals surface area (Å²) in [7, 11) is 0. The summed E-state index contributed by atoms with van der Waals surface area (Å²) >= 11 is 3.34. The number of para-hydroxylation sites is 2. The monoisotopic (exact) mass is 331 g/mol. The molecule has 1 N–H and O–H groups in total. The summed E-state index contributed by atoms with van der Waals surface area (Å²) in [6, 6.07) is 14.5. The zero-order valence-corrected chi connectivity index (χ0v) is 12.4. The van der Waals surface area contributed by atoms with Crippen LogP contribution in [0.1, 0.15) is 10.4 Å². The smallest absolute Gasteiger partial charge is 0.255 e. The second-order valence-electron chi connectivity index (χ2n) is 4.06. The van der Waals surface area contributed by atoms with Crippen LogP contribution in [0.25, 0.3) is 0 Å². The third-order valence-corrected chi connectivity index (χ3v) is 3.13. The molecule has 0 fully saturated rings. The van der Waals surface area contributed by atoms with Crippen molar-refractivity contribution in [3.05, 3.63) is 71.2 Å². The number of ether oxygens (including phenoxy) is 1. The summed E-state index contributed by atoms with van der Waals surface area (Å²) in [4.78, 5) is 12.1. The lowest BCUT2D eigenvalue weighted by molar-refractivity contribution is 0.102. The highest BCUT2D eigenvalue weighted by Crippen LogP contribution is 2.24. The third-order valence-electron chi connectivity index (χ3n) is 2.60. The van der Waals surface area contributed by atoms with Gasteiger partial charge in [-0.05, 0) is 36.4 Å². The Hall–Kier alpha value is -2.07. The van der Waals surface area contributed by atoms with Crippen molar-refractivity contribution in [2.75, 3.05) is 11.9 Å². The van der Waals surface area contributed by atoms with Crippen molar-refractivity contribution >= 4 is 27.5 Å². The minimum atomic E-state index is -0.174. The highest BCUT2D eigenvalue weighted by molar-refractivity contribution is 9.10. The molecule has 0 bridgehead atoms. The van der Waals surface area contributed by atoms with Crippen LogP contribution >= 0.6 is 15.9 Å². The Kier molecular flexibility index (Phi) is 4.96. The average molecular weight is 332 g/mol. The fourth-order valence-corrected chi connectivity index (χ4v) is 1.90. The van der Waals surface area contributed by atoms with Crippen LogP contribution in [0.2, 0.25) is 0 Å². The Morgan fingerprint density at radius 2 is 1.90 bits per heavy atom. The summed E-state index contributed by atoms with van der Waals surface area (Å²) in [5.41, 5.74) is 1.23. The number of hydrogen-bond donors (Lipinski definition) is 1. The van der Waals surface area contributed by atoms with E-state index in [1.165, 1.54) is 0 Å². The molecule has 0 unspecified atom stereocenters. The van der Waals surface area contributed by atoms with Crippen LogP contribution in [0.15, 0.2) is 65.7 Å². The lowest BCUT2D eigenvalue weighted by Crippen LogP contribution is -2.12. The van der Waals surface area contributed by atoms with Gasteiger partial charge in [0, 0.05) is 10.0 Å². The minimum absolute atomic E-state index is 0.174. The molecule has 102 valence electrons. The van der Waals surface area contributed by atoms with Gasteiger partial charge in [0.05, 0.1) is 5.69 Å². The molecule has 0 aliphatic rings. The Balaban J connectivity index is 2.15. The molecule has 0 saturated carbocycles. The topological polar surface area (TPSA) is 38.3 Å². The molecule has 0 radical (unpaired) electrons. The molecule has 0 heterocycles. The van der Waals surface area contributed by atoms with Crippen LogP contribution in [0.5, 0.6) is 5.75 Å². The van der Waals surface area contributed by atoms with Crippen molar-refractivity contribution in [2.24, 2.45) is 0 Å². The van der Waals surface area contributed by atoms with E-state index in [2.05, 4.69) is 27.8 Å². The molecule has 1 amide bonds. The Morgan fingerprint density at radius 1 is 1.20 bits per heavy atom. The molecule has 2 aromatic carbocycles. The molecule has 0 aliphatic carbocycles. The first kappa shape index (κ1) is 14.3. The van der Waals surface area contributed by atoms with Gasteiger partial charge >= 0.3 is 0 Å². The normalized spacial score (nSPS) is 9.85. The largest absolute Gasteiger partial charge is 0.487 e. The van der Waals surface area contributed by atoms with E-state index in [0.717, 1.165) is 4.47 Å². The van der Waals surface area contributed by atoms with E-state index in [1.807, 2.05) is 24.3 Å². The van der Waals surface area contributed by atoms with E-state index in [0.29, 0.717) is 23.6 Å². The quantitative estimate of drug-likeness (QED) is 0.831. The molecular formula is C16H14BrNO2. The second-order valence-corrected chi connectivity index (χ2v) is 4.97. The van der Waals surface area contributed by atoms with Gasteiger partial charge in [0.1, 0.15) is 12.4 Å². The number of carbonyl (C=O) groups is 1. The van der Waals surface area contributed by atoms with Gasteiger partial charge in [-0.1, -0.05) is 40.7 Å². The Bertz CT molecular complexity index is 608. The van der Waals surface area contributed by atoms with Gasteiger partial charge in [0.2, 0.25) is 0 Å². The fourth-order valence-electron chi connectivity index (χ4n) is 1.64. The molecule has 20 heavy (non-hydrogen) atoms. The molecule has 0 atom stereocenters. The zero-order chi connectivity index (χ0) is 14.4. The van der Waals surface area contributed by atoms with Gasteiger partial charge in [0.15, 0.2) is 0 Å². The van der Waals surface area contributed by atoms with Crippen LogP contribution in [0, 0.1) is 0 Å². The molecule has 4 heteroatoms. The number of hydrogen-bond acceptors (Lipinski definition) is 2. The van der Waals surface area contributed by atoms with Crippen LogP contribution in [0.3, 0.4) is 0 Å². The fraction of sp³-hybridized carbons (Fsp3) is 0.0625. The van der Waals surface area contributed by atoms with Crippen molar-refractivity contribution in [3.63, 3.8) is 0 Å². The molecule has 2 aromatic rings. The first-order valence-electron chi connectivity index (χ1n) is 6.10. The number of carbonyl (C=O) groups excluding carboxylic acids is 1. The minimum Gasteiger partial charge on any atom is -0.487 e. The van der Waals surface area contributed by atoms with E-state index < -0.39 is 0 Å². The first-order valence-corrected chi connectivity index (χ1v) is 6.89. The SMILES string of the molecule is C=CCOc1ccccc1NC(=O)c1ccc(Br)cc1. The molecule has 0 saturated heterocycles. The maximum absolute atomic E-state index is 12.1. The summed E-state index contributed by atoms with van der Waals surface area (Å²) in [6.45, 7) is 4.00. The number of anilines is 1. The van der Waals surface area contributed by atoms with E-state index in [-0.39, 0.29) is 5.91 Å². The van der Waals surface area contributed by atoms with Gasteiger partial charge in [-0.2, -0.15) is 0 Å². The van der Waals surface area contributed by atoms with Gasteiger partial charge in [-0.25, -0.2) is 0 Å². The lowest BCUT2D eigenvalue weighted by Gasteiger charge is -2.11. The summed E-state index contributed by atoms with van der Waals surface area (Å²) in [5.74, 6) is 0.449. The third kappa shape index (κ3) is 3.71. The summed E-state index contributed by atoms with van der Waals surface area (Å²) in [5, 5.41) is 2.84. The van der Waals surface area contributed by atoms with Crippen LogP contribution in [-0.4, -0.2) is 12.5 Å². The second kappa shape index (κ2) is 6.91. The number of amides is 1. The summed E-state index contributed by atoms with van der Waals surface area (Å²) in [6.07, 6.45) is 1.66. The molecule has 0 spiro atoms. The van der Waals surface area contributed by atoms with Crippen LogP contribution < -0.4 is 10.1 Å². The van der Waals surface area contributed by atoms with Crippen molar-refractivity contribution in [2.45, 2.75) is 0 Å². The van der Waals surface area contributed by atoms with Gasteiger partial charge in [-0.3, -0.25) is 4.79 Å². The average Bonchev–Trinajstić information content (AvgIpc) is 2.47. The predicted octanol–water partition coefficient (Wildman–Crippen LogP) is 4.27. The van der Waals surface area contributed by atoms with Crippen molar-refractivity contribution < 1.29 is 9.53 Å². The standard InChI is InChI=1S/C16H14BrNO2/c1-2-11-20-15-6-4-3-5-14(15)18-16(19)12-7-9-13(17)10-8-12/h2-10H,1,11H2,(H,18,19). The maximum Gasteiger partial charge on any atom is 0.255 e. The molecule has 0 aromatic heterocycles. The first-order chi connectivity index (χ1) is 9.70. The van der Waals surface area contributed by atoms with Crippen LogP contribution in [0.4, 0.5) is 5.69 Å². The highest BCUT2D eigenvalue weighted by atomic mass is 79.9. The highest BCUT2D eigenvalue weighted by Gasteiger charge is 2.09. The number of nitrogens with one attached hydrogen (secondary N) is 1. The van der Waals surface area contributed by atoms with E-state index >= 15 is 0 Å². The van der Waals surface area contributed by atoms with E-state index in [4.69, 9.17) is 4.74 Å². The zero-order valence-electron chi connectivity index (χ0n) is 10.8. The number of halogens is 1. The van der Waals surface area contributed by atoms with Crippen molar-refractivity contribution in [1.29, 1.82) is 0 Å². The van der Waals surface area contributed by atoms with E-state index in [1.54, 1.807) is 30.3 Å². The Labute approximate surface area is 126 Å². The van der Waals surface area contributed by atoms with Crippen molar-refractivity contribution in [3.8, 4) is 5.75 Å². The molecule has 2 rings (SSSR count). The Morgan fingerprint density at radius 3 is 2.60 bits per heavy atom.